The monoisotopic (exact) mass is 388 g/mol. The minimum absolute atomic E-state index is 0.0424. The fourth-order valence-corrected chi connectivity index (χ4v) is 3.98. The van der Waals surface area contributed by atoms with Gasteiger partial charge in [0.05, 0.1) is 5.69 Å². The molecular formula is C19H24N4O3S. The Bertz CT molecular complexity index is 1070. The van der Waals surface area contributed by atoms with Crippen LogP contribution in [0.15, 0.2) is 40.3 Å². The van der Waals surface area contributed by atoms with Gasteiger partial charge in [-0.05, 0) is 38.0 Å². The van der Waals surface area contributed by atoms with Crippen molar-refractivity contribution >= 4 is 9.84 Å². The van der Waals surface area contributed by atoms with Gasteiger partial charge in [-0.1, -0.05) is 38.1 Å². The van der Waals surface area contributed by atoms with Crippen molar-refractivity contribution < 1.29 is 12.9 Å². The highest BCUT2D eigenvalue weighted by molar-refractivity contribution is 7.91. The lowest BCUT2D eigenvalue weighted by Crippen LogP contribution is -2.17. The van der Waals surface area contributed by atoms with Crippen LogP contribution in [0.3, 0.4) is 0 Å². The molecule has 7 nitrogen and oxygen atoms in total. The average molecular weight is 388 g/mol. The van der Waals surface area contributed by atoms with Crippen molar-refractivity contribution in [1.29, 1.82) is 0 Å². The summed E-state index contributed by atoms with van der Waals surface area (Å²) in [6.45, 7) is 11.2. The predicted octanol–water partition coefficient (Wildman–Crippen LogP) is 3.70. The molecule has 27 heavy (non-hydrogen) atoms. The molecule has 0 spiro atoms. The van der Waals surface area contributed by atoms with E-state index in [4.69, 9.17) is 4.52 Å². The quantitative estimate of drug-likeness (QED) is 0.677. The molecule has 0 amide bonds. The van der Waals surface area contributed by atoms with Crippen LogP contribution in [0.2, 0.25) is 0 Å². The first-order chi connectivity index (χ1) is 12.5. The summed E-state index contributed by atoms with van der Waals surface area (Å²) in [6, 6.07) is 5.88. The lowest BCUT2D eigenvalue weighted by Gasteiger charge is -2.14. The van der Waals surface area contributed by atoms with Crippen LogP contribution < -0.4 is 0 Å². The highest BCUT2D eigenvalue weighted by atomic mass is 32.2. The Labute approximate surface area is 159 Å². The Hall–Kier alpha value is -2.48. The summed E-state index contributed by atoms with van der Waals surface area (Å²) < 4.78 is 33.3. The van der Waals surface area contributed by atoms with E-state index in [0.717, 1.165) is 16.8 Å². The maximum atomic E-state index is 13.2. The minimum Gasteiger partial charge on any atom is -0.338 e. The van der Waals surface area contributed by atoms with E-state index in [1.807, 2.05) is 52.8 Å². The normalized spacial score (nSPS) is 13.7. The van der Waals surface area contributed by atoms with Crippen molar-refractivity contribution in [3.63, 3.8) is 0 Å². The van der Waals surface area contributed by atoms with Gasteiger partial charge in [-0.15, -0.1) is 0 Å². The highest BCUT2D eigenvalue weighted by Crippen LogP contribution is 2.30. The van der Waals surface area contributed by atoms with Crippen LogP contribution in [0, 0.1) is 13.8 Å². The van der Waals surface area contributed by atoms with Gasteiger partial charge in [0.25, 0.3) is 0 Å². The first-order valence-electron chi connectivity index (χ1n) is 8.71. The number of nitrogens with zero attached hydrogens (tertiary/aromatic N) is 4. The molecule has 0 saturated carbocycles. The van der Waals surface area contributed by atoms with Gasteiger partial charge in [0.1, 0.15) is 5.25 Å². The maximum absolute atomic E-state index is 13.2. The second-order valence-electron chi connectivity index (χ2n) is 7.76. The Balaban J connectivity index is 2.05. The lowest BCUT2D eigenvalue weighted by atomic mass is 9.96. The number of rotatable bonds is 4. The molecule has 0 radical (unpaired) electrons. The Morgan fingerprint density at radius 3 is 2.52 bits per heavy atom. The van der Waals surface area contributed by atoms with Crippen LogP contribution in [-0.2, 0) is 15.3 Å². The van der Waals surface area contributed by atoms with Crippen molar-refractivity contribution in [2.75, 3.05) is 0 Å². The Morgan fingerprint density at radius 1 is 1.19 bits per heavy atom. The lowest BCUT2D eigenvalue weighted by molar-refractivity contribution is 0.361. The van der Waals surface area contributed by atoms with Crippen molar-refractivity contribution in [3.05, 3.63) is 53.4 Å². The standard InChI is InChI=1S/C19H24N4O3S/c1-12-7-8-13(2)15(11-12)23-10-9-20-18(23)27(24,25)14(3)16-21-17(22-26-16)19(4,5)6/h7-11,14H,1-6H3. The SMILES string of the molecule is Cc1ccc(C)c(-n2ccnc2S(=O)(=O)C(C)c2nc(C(C)(C)C)no2)c1. The summed E-state index contributed by atoms with van der Waals surface area (Å²) in [5.74, 6) is 0.535. The fourth-order valence-electron chi connectivity index (χ4n) is 2.66. The van der Waals surface area contributed by atoms with Gasteiger partial charge in [-0.25, -0.2) is 13.4 Å². The molecule has 2 aromatic heterocycles. The van der Waals surface area contributed by atoms with Crippen molar-refractivity contribution in [1.82, 2.24) is 19.7 Å². The van der Waals surface area contributed by atoms with E-state index >= 15 is 0 Å². The second kappa shape index (κ2) is 6.60. The van der Waals surface area contributed by atoms with Crippen molar-refractivity contribution in [2.45, 2.75) is 57.4 Å². The number of sulfone groups is 1. The van der Waals surface area contributed by atoms with Gasteiger partial charge in [0.2, 0.25) is 20.9 Å². The third-order valence-electron chi connectivity index (χ3n) is 4.41. The van der Waals surface area contributed by atoms with Crippen LogP contribution in [0.4, 0.5) is 0 Å². The predicted molar refractivity (Wildman–Crippen MR) is 102 cm³/mol. The molecule has 144 valence electrons. The molecule has 1 unspecified atom stereocenters. The number of benzene rings is 1. The summed E-state index contributed by atoms with van der Waals surface area (Å²) in [6.07, 6.45) is 3.13. The van der Waals surface area contributed by atoms with Gasteiger partial charge in [-0.3, -0.25) is 4.57 Å². The number of aryl methyl sites for hydroxylation is 2. The van der Waals surface area contributed by atoms with Crippen LogP contribution in [0.1, 0.15) is 55.8 Å². The Kier molecular flexibility index (Phi) is 4.71. The minimum atomic E-state index is -3.83. The molecule has 0 aliphatic heterocycles. The summed E-state index contributed by atoms with van der Waals surface area (Å²) in [5.41, 5.74) is 2.43. The molecule has 0 aliphatic rings. The number of imidazole rings is 1. The van der Waals surface area contributed by atoms with Crippen LogP contribution in [0.25, 0.3) is 5.69 Å². The topological polar surface area (TPSA) is 90.9 Å². The molecule has 8 heteroatoms. The van der Waals surface area contributed by atoms with Gasteiger partial charge in [0.15, 0.2) is 5.82 Å². The largest absolute Gasteiger partial charge is 0.338 e. The van der Waals surface area contributed by atoms with E-state index in [2.05, 4.69) is 15.1 Å². The first kappa shape index (κ1) is 19.3. The van der Waals surface area contributed by atoms with Gasteiger partial charge >= 0.3 is 0 Å². The molecule has 1 aromatic carbocycles. The van der Waals surface area contributed by atoms with Gasteiger partial charge < -0.3 is 4.52 Å². The van der Waals surface area contributed by atoms with Gasteiger partial charge in [0, 0.05) is 17.8 Å². The van der Waals surface area contributed by atoms with E-state index in [1.54, 1.807) is 10.8 Å². The number of hydrogen-bond donors (Lipinski definition) is 0. The summed E-state index contributed by atoms with van der Waals surface area (Å²) in [7, 11) is -3.83. The molecule has 0 N–H and O–H groups in total. The molecule has 2 heterocycles. The average Bonchev–Trinajstić information content (AvgIpc) is 3.25. The van der Waals surface area contributed by atoms with Crippen LogP contribution >= 0.6 is 0 Å². The third kappa shape index (κ3) is 3.53. The molecular weight excluding hydrogens is 364 g/mol. The summed E-state index contributed by atoms with van der Waals surface area (Å²) >= 11 is 0. The van der Waals surface area contributed by atoms with E-state index in [0.29, 0.717) is 5.82 Å². The third-order valence-corrected chi connectivity index (χ3v) is 6.35. The summed E-state index contributed by atoms with van der Waals surface area (Å²) in [4.78, 5) is 8.42. The van der Waals surface area contributed by atoms with Crippen LogP contribution in [0.5, 0.6) is 0 Å². The maximum Gasteiger partial charge on any atom is 0.245 e. The fraction of sp³-hybridized carbons (Fsp3) is 0.421. The smallest absolute Gasteiger partial charge is 0.245 e. The van der Waals surface area contributed by atoms with Crippen molar-refractivity contribution in [2.24, 2.45) is 0 Å². The van der Waals surface area contributed by atoms with E-state index in [-0.39, 0.29) is 16.5 Å². The zero-order valence-electron chi connectivity index (χ0n) is 16.4. The zero-order valence-corrected chi connectivity index (χ0v) is 17.2. The molecule has 0 bridgehead atoms. The zero-order chi connectivity index (χ0) is 20.0. The van der Waals surface area contributed by atoms with Crippen LogP contribution in [-0.4, -0.2) is 28.1 Å². The summed E-state index contributed by atoms with van der Waals surface area (Å²) in [5, 5.41) is 2.88. The molecule has 3 aromatic rings. The van der Waals surface area contributed by atoms with Crippen molar-refractivity contribution in [3.8, 4) is 5.69 Å². The first-order valence-corrected chi connectivity index (χ1v) is 10.3. The molecule has 0 fully saturated rings. The van der Waals surface area contributed by atoms with E-state index in [9.17, 15) is 8.42 Å². The van der Waals surface area contributed by atoms with E-state index < -0.39 is 15.1 Å². The second-order valence-corrected chi connectivity index (χ2v) is 9.93. The molecule has 0 aliphatic carbocycles. The Morgan fingerprint density at radius 2 is 1.89 bits per heavy atom. The highest BCUT2D eigenvalue weighted by Gasteiger charge is 2.35. The molecule has 0 saturated heterocycles. The molecule has 1 atom stereocenters. The number of hydrogen-bond acceptors (Lipinski definition) is 6. The van der Waals surface area contributed by atoms with E-state index in [1.165, 1.54) is 13.1 Å². The number of aromatic nitrogens is 4. The van der Waals surface area contributed by atoms with Gasteiger partial charge in [-0.2, -0.15) is 4.98 Å². The molecule has 3 rings (SSSR count).